The number of rotatable bonds is 1. The van der Waals surface area contributed by atoms with Gasteiger partial charge in [-0.2, -0.15) is 4.39 Å². The second-order valence-electron chi connectivity index (χ2n) is 2.25. The minimum Gasteiger partial charge on any atom is -0.225 e. The smallest absolute Gasteiger partial charge is 0.225 e. The van der Waals surface area contributed by atoms with E-state index in [-0.39, 0.29) is 10.7 Å². The number of hydrogen-bond donors (Lipinski definition) is 0. The minimum absolute atomic E-state index is 0.280. The quantitative estimate of drug-likeness (QED) is 0.628. The van der Waals surface area contributed by atoms with Gasteiger partial charge >= 0.3 is 0 Å². The van der Waals surface area contributed by atoms with E-state index < -0.39 is 17.9 Å². The van der Waals surface area contributed by atoms with Gasteiger partial charge < -0.3 is 0 Å². The lowest BCUT2D eigenvalue weighted by atomic mass is 10.2. The van der Waals surface area contributed by atoms with Gasteiger partial charge in [0.25, 0.3) is 6.43 Å². The Balaban J connectivity index is 3.28. The van der Waals surface area contributed by atoms with Crippen LogP contribution >= 0.6 is 11.6 Å². The first-order valence-corrected chi connectivity index (χ1v) is 3.51. The maximum Gasteiger partial charge on any atom is 0.269 e. The van der Waals surface area contributed by atoms with E-state index in [1.165, 1.54) is 13.0 Å². The summed E-state index contributed by atoms with van der Waals surface area (Å²) in [5, 5.41) is -0.282. The molecule has 0 aliphatic carbocycles. The molecule has 0 aliphatic heterocycles. The fraction of sp³-hybridized carbons (Fsp3) is 0.286. The first-order valence-electron chi connectivity index (χ1n) is 3.13. The van der Waals surface area contributed by atoms with Crippen LogP contribution in [0.5, 0.6) is 0 Å². The summed E-state index contributed by atoms with van der Waals surface area (Å²) in [7, 11) is 0. The maximum atomic E-state index is 12.7. The summed E-state index contributed by atoms with van der Waals surface area (Å²) in [4.78, 5) is 3.22. The van der Waals surface area contributed by atoms with Crippen molar-refractivity contribution in [3.63, 3.8) is 0 Å². The van der Waals surface area contributed by atoms with Gasteiger partial charge in [0, 0.05) is 5.69 Å². The van der Waals surface area contributed by atoms with Gasteiger partial charge in [0.15, 0.2) is 0 Å². The molecule has 0 saturated heterocycles. The van der Waals surface area contributed by atoms with Crippen molar-refractivity contribution in [2.24, 2.45) is 0 Å². The lowest BCUT2D eigenvalue weighted by molar-refractivity contribution is 0.145. The van der Waals surface area contributed by atoms with E-state index >= 15 is 0 Å². The third kappa shape index (κ3) is 1.69. The minimum atomic E-state index is -2.93. The zero-order valence-corrected chi connectivity index (χ0v) is 6.87. The molecule has 1 nitrogen and oxygen atoms in total. The highest BCUT2D eigenvalue weighted by Crippen LogP contribution is 2.28. The fourth-order valence-electron chi connectivity index (χ4n) is 0.801. The number of aryl methyl sites for hydroxylation is 1. The number of hydrogen-bond acceptors (Lipinski definition) is 1. The van der Waals surface area contributed by atoms with Gasteiger partial charge in [0.2, 0.25) is 5.95 Å². The third-order valence-corrected chi connectivity index (χ3v) is 1.62. The molecule has 0 unspecified atom stereocenters. The summed E-state index contributed by atoms with van der Waals surface area (Å²) in [6.07, 6.45) is -2.93. The highest BCUT2D eigenvalue weighted by atomic mass is 35.5. The number of halogens is 4. The van der Waals surface area contributed by atoms with Crippen LogP contribution in [-0.4, -0.2) is 4.98 Å². The first-order chi connectivity index (χ1) is 5.52. The summed E-state index contributed by atoms with van der Waals surface area (Å²) >= 11 is 5.37. The van der Waals surface area contributed by atoms with Gasteiger partial charge in [-0.05, 0) is 13.0 Å². The second-order valence-corrected chi connectivity index (χ2v) is 2.66. The van der Waals surface area contributed by atoms with E-state index in [1.54, 1.807) is 0 Å². The van der Waals surface area contributed by atoms with Crippen molar-refractivity contribution in [1.29, 1.82) is 0 Å². The maximum absolute atomic E-state index is 12.7. The molecule has 0 bridgehead atoms. The molecule has 0 aliphatic rings. The molecule has 0 N–H and O–H groups in total. The van der Waals surface area contributed by atoms with E-state index in [9.17, 15) is 13.2 Å². The summed E-state index contributed by atoms with van der Waals surface area (Å²) < 4.78 is 36.8. The molecule has 0 saturated carbocycles. The van der Waals surface area contributed by atoms with Crippen LogP contribution in [0.3, 0.4) is 0 Å². The van der Waals surface area contributed by atoms with Crippen LogP contribution in [0.15, 0.2) is 6.07 Å². The molecule has 1 aromatic heterocycles. The first kappa shape index (κ1) is 9.32. The molecule has 1 heterocycles. The Morgan fingerprint density at radius 3 is 2.50 bits per heavy atom. The van der Waals surface area contributed by atoms with Crippen molar-refractivity contribution in [1.82, 2.24) is 4.98 Å². The van der Waals surface area contributed by atoms with Gasteiger partial charge in [-0.25, -0.2) is 13.8 Å². The van der Waals surface area contributed by atoms with Crippen LogP contribution in [0.25, 0.3) is 0 Å². The number of alkyl halides is 2. The molecule has 1 rings (SSSR count). The summed E-state index contributed by atoms with van der Waals surface area (Å²) in [6.45, 7) is 1.48. The number of pyridine rings is 1. The van der Waals surface area contributed by atoms with Gasteiger partial charge in [0.1, 0.15) is 0 Å². The van der Waals surface area contributed by atoms with Crippen molar-refractivity contribution >= 4 is 11.6 Å². The highest BCUT2D eigenvalue weighted by Gasteiger charge is 2.18. The van der Waals surface area contributed by atoms with Crippen LogP contribution in [0, 0.1) is 12.9 Å². The van der Waals surface area contributed by atoms with Crippen LogP contribution < -0.4 is 0 Å². The average Bonchev–Trinajstić information content (AvgIpc) is 1.82. The molecular weight excluding hydrogens is 191 g/mol. The molecule has 0 radical (unpaired) electrons. The highest BCUT2D eigenvalue weighted by molar-refractivity contribution is 6.31. The van der Waals surface area contributed by atoms with Crippen LogP contribution in [0.2, 0.25) is 5.02 Å². The molecule has 5 heteroatoms. The third-order valence-electron chi connectivity index (χ3n) is 1.31. The largest absolute Gasteiger partial charge is 0.269 e. The van der Waals surface area contributed by atoms with E-state index in [2.05, 4.69) is 4.98 Å². The van der Waals surface area contributed by atoms with E-state index in [0.717, 1.165) is 0 Å². The molecule has 0 aromatic carbocycles. The van der Waals surface area contributed by atoms with E-state index in [1.807, 2.05) is 0 Å². The van der Waals surface area contributed by atoms with Crippen molar-refractivity contribution < 1.29 is 13.2 Å². The molecule has 0 spiro atoms. The summed E-state index contributed by atoms with van der Waals surface area (Å²) in [6, 6.07) is 1.20. The molecule has 66 valence electrons. The predicted octanol–water partition coefficient (Wildman–Crippen LogP) is 3.12. The predicted molar refractivity (Wildman–Crippen MR) is 38.9 cm³/mol. The SMILES string of the molecule is Cc1cc(Cl)c(C(F)F)c(F)n1. The Morgan fingerprint density at radius 1 is 1.50 bits per heavy atom. The van der Waals surface area contributed by atoms with Crippen molar-refractivity contribution in [3.05, 3.63) is 28.3 Å². The summed E-state index contributed by atoms with van der Waals surface area (Å²) in [5.74, 6) is -1.20. The fourth-order valence-corrected chi connectivity index (χ4v) is 1.12. The van der Waals surface area contributed by atoms with Crippen molar-refractivity contribution in [3.8, 4) is 0 Å². The Bertz CT molecular complexity index is 278. The van der Waals surface area contributed by atoms with Crippen LogP contribution in [0.1, 0.15) is 17.7 Å². The molecule has 0 amide bonds. The van der Waals surface area contributed by atoms with Gasteiger partial charge in [-0.15, -0.1) is 0 Å². The molecule has 0 fully saturated rings. The summed E-state index contributed by atoms with van der Waals surface area (Å²) in [5.41, 5.74) is -0.552. The zero-order chi connectivity index (χ0) is 9.30. The lowest BCUT2D eigenvalue weighted by Gasteiger charge is -2.03. The molecule has 1 aromatic rings. The van der Waals surface area contributed by atoms with Crippen molar-refractivity contribution in [2.75, 3.05) is 0 Å². The van der Waals surface area contributed by atoms with Crippen molar-refractivity contribution in [2.45, 2.75) is 13.3 Å². The molecule has 0 atom stereocenters. The monoisotopic (exact) mass is 195 g/mol. The lowest BCUT2D eigenvalue weighted by Crippen LogP contribution is -1.97. The Morgan fingerprint density at radius 2 is 2.08 bits per heavy atom. The van der Waals surface area contributed by atoms with E-state index in [0.29, 0.717) is 0 Å². The average molecular weight is 196 g/mol. The standard InChI is InChI=1S/C7H5ClF3N/c1-3-2-4(8)5(6(9)10)7(11)12-3/h2,6H,1H3. The second kappa shape index (κ2) is 3.31. The Hall–Kier alpha value is -0.770. The zero-order valence-electron chi connectivity index (χ0n) is 6.11. The van der Waals surface area contributed by atoms with Gasteiger partial charge in [-0.1, -0.05) is 11.6 Å². The van der Waals surface area contributed by atoms with Crippen LogP contribution in [0.4, 0.5) is 13.2 Å². The normalized spacial score (nSPS) is 10.8. The molecular formula is C7H5ClF3N. The van der Waals surface area contributed by atoms with Gasteiger partial charge in [0.05, 0.1) is 10.6 Å². The van der Waals surface area contributed by atoms with E-state index in [4.69, 9.17) is 11.6 Å². The Labute approximate surface area is 72.2 Å². The number of aromatic nitrogens is 1. The molecule has 12 heavy (non-hydrogen) atoms. The topological polar surface area (TPSA) is 12.9 Å². The number of nitrogens with zero attached hydrogens (tertiary/aromatic N) is 1. The van der Waals surface area contributed by atoms with Crippen LogP contribution in [-0.2, 0) is 0 Å². The van der Waals surface area contributed by atoms with Gasteiger partial charge in [-0.3, -0.25) is 0 Å². The Kier molecular flexibility index (Phi) is 2.57.